The van der Waals surface area contributed by atoms with Crippen LogP contribution in [0.3, 0.4) is 0 Å². The summed E-state index contributed by atoms with van der Waals surface area (Å²) in [5, 5.41) is 0.968. The van der Waals surface area contributed by atoms with Gasteiger partial charge in [0.1, 0.15) is 6.10 Å². The van der Waals surface area contributed by atoms with Gasteiger partial charge in [0, 0.05) is 18.2 Å². The molecule has 0 N–H and O–H groups in total. The molecule has 0 amide bonds. The highest BCUT2D eigenvalue weighted by Gasteiger charge is 2.59. The Labute approximate surface area is 224 Å². The van der Waals surface area contributed by atoms with Gasteiger partial charge in [-0.15, -0.1) is 0 Å². The van der Waals surface area contributed by atoms with Crippen LogP contribution in [0, 0.1) is 46.3 Å². The van der Waals surface area contributed by atoms with E-state index in [1.54, 1.807) is 5.57 Å². The molecule has 3 saturated carbocycles. The summed E-state index contributed by atoms with van der Waals surface area (Å²) in [6.07, 6.45) is 19.8. The van der Waals surface area contributed by atoms with Gasteiger partial charge in [-0.05, 0) is 104 Å². The smallest absolute Gasteiger partial charge is 0.306 e. The van der Waals surface area contributed by atoms with E-state index in [2.05, 4.69) is 56.6 Å². The van der Waals surface area contributed by atoms with E-state index < -0.39 is 0 Å². The fraction of sp³-hybridized carbons (Fsp3) is 0.906. The van der Waals surface area contributed by atoms with Gasteiger partial charge in [-0.25, -0.2) is 0 Å². The quantitative estimate of drug-likeness (QED) is 0.117. The van der Waals surface area contributed by atoms with Gasteiger partial charge in [0.15, 0.2) is 0 Å². The van der Waals surface area contributed by atoms with E-state index in [1.165, 1.54) is 57.8 Å². The molecule has 0 bridgehead atoms. The first kappa shape index (κ1) is 27.7. The zero-order valence-electron chi connectivity index (χ0n) is 23.4. The molecule has 4 aliphatic carbocycles. The van der Waals surface area contributed by atoms with Crippen molar-refractivity contribution < 1.29 is 9.53 Å². The van der Waals surface area contributed by atoms with E-state index >= 15 is 0 Å². The molecule has 200 valence electrons. The first-order chi connectivity index (χ1) is 16.7. The number of esters is 1. The van der Waals surface area contributed by atoms with Crippen molar-refractivity contribution >= 4 is 21.9 Å². The summed E-state index contributed by atoms with van der Waals surface area (Å²) in [6.45, 7) is 12.6. The molecule has 35 heavy (non-hydrogen) atoms. The molecule has 4 aliphatic rings. The van der Waals surface area contributed by atoms with E-state index in [0.717, 1.165) is 66.5 Å². The average Bonchev–Trinajstić information content (AvgIpc) is 3.16. The largest absolute Gasteiger partial charge is 0.462 e. The normalized spacial score (nSPS) is 39.4. The summed E-state index contributed by atoms with van der Waals surface area (Å²) < 4.78 is 5.95. The fourth-order valence-corrected chi connectivity index (χ4v) is 9.76. The Kier molecular flexibility index (Phi) is 9.19. The Morgan fingerprint density at radius 3 is 2.57 bits per heavy atom. The second-order valence-electron chi connectivity index (χ2n) is 13.8. The fourth-order valence-electron chi connectivity index (χ4n) is 9.36. The minimum Gasteiger partial charge on any atom is -0.462 e. The van der Waals surface area contributed by atoms with Crippen LogP contribution in [0.25, 0.3) is 0 Å². The number of hydrogen-bond donors (Lipinski definition) is 0. The van der Waals surface area contributed by atoms with Crippen molar-refractivity contribution in [2.24, 2.45) is 46.3 Å². The Morgan fingerprint density at radius 1 is 1.03 bits per heavy atom. The molecular weight excluding hydrogens is 496 g/mol. The van der Waals surface area contributed by atoms with Crippen molar-refractivity contribution in [2.45, 2.75) is 131 Å². The van der Waals surface area contributed by atoms with E-state index in [4.69, 9.17) is 4.74 Å². The summed E-state index contributed by atoms with van der Waals surface area (Å²) in [5.41, 5.74) is 2.52. The van der Waals surface area contributed by atoms with Gasteiger partial charge < -0.3 is 4.74 Å². The molecule has 3 heteroatoms. The number of allylic oxidation sites excluding steroid dienone is 1. The SMILES string of the molecule is CC(C)CCC[C@@H](C)[C@H]1CC[C@H]2[C@@H]3CC=C4C[C@@H](OC(=O)CCCCBr)CC[C@]4(C)[C@H]3CC[C@]12C. The van der Waals surface area contributed by atoms with Gasteiger partial charge in [0.2, 0.25) is 0 Å². The molecule has 0 aromatic rings. The molecule has 0 spiro atoms. The average molecular weight is 550 g/mol. The monoisotopic (exact) mass is 548 g/mol. The number of unbranched alkanes of at least 4 members (excludes halogenated alkanes) is 1. The number of carbonyl (C=O) groups is 1. The molecule has 0 saturated heterocycles. The maximum absolute atomic E-state index is 12.3. The molecule has 0 aromatic carbocycles. The molecule has 0 aliphatic heterocycles. The van der Waals surface area contributed by atoms with Crippen LogP contribution in [-0.4, -0.2) is 17.4 Å². The molecule has 0 heterocycles. The third-order valence-electron chi connectivity index (χ3n) is 11.3. The van der Waals surface area contributed by atoms with Gasteiger partial charge in [-0.1, -0.05) is 81.5 Å². The third-order valence-corrected chi connectivity index (χ3v) is 11.9. The Hall–Kier alpha value is -0.310. The second kappa shape index (κ2) is 11.6. The highest BCUT2D eigenvalue weighted by Crippen LogP contribution is 2.67. The number of halogens is 1. The Bertz CT molecular complexity index is 759. The van der Waals surface area contributed by atoms with E-state index in [-0.39, 0.29) is 12.1 Å². The topological polar surface area (TPSA) is 26.3 Å². The van der Waals surface area contributed by atoms with Gasteiger partial charge in [-0.3, -0.25) is 4.79 Å². The summed E-state index contributed by atoms with van der Waals surface area (Å²) in [5.74, 6) is 5.29. The molecule has 2 nitrogen and oxygen atoms in total. The van der Waals surface area contributed by atoms with Crippen LogP contribution in [0.5, 0.6) is 0 Å². The van der Waals surface area contributed by atoms with Crippen LogP contribution in [0.2, 0.25) is 0 Å². The van der Waals surface area contributed by atoms with Gasteiger partial charge >= 0.3 is 5.97 Å². The number of rotatable bonds is 10. The predicted octanol–water partition coefficient (Wildman–Crippen LogP) is 9.50. The van der Waals surface area contributed by atoms with Gasteiger partial charge in [0.05, 0.1) is 0 Å². The number of carbonyl (C=O) groups excluding carboxylic acids is 1. The lowest BCUT2D eigenvalue weighted by Gasteiger charge is -2.58. The Morgan fingerprint density at radius 2 is 1.83 bits per heavy atom. The van der Waals surface area contributed by atoms with Crippen LogP contribution >= 0.6 is 15.9 Å². The van der Waals surface area contributed by atoms with Crippen molar-refractivity contribution in [1.29, 1.82) is 0 Å². The molecule has 8 atom stereocenters. The number of alkyl halides is 1. The highest BCUT2D eigenvalue weighted by molar-refractivity contribution is 9.09. The summed E-state index contributed by atoms with van der Waals surface area (Å²) in [4.78, 5) is 12.3. The van der Waals surface area contributed by atoms with Gasteiger partial charge in [0.25, 0.3) is 0 Å². The second-order valence-corrected chi connectivity index (χ2v) is 14.6. The molecular formula is C32H53BrO2. The van der Waals surface area contributed by atoms with Crippen LogP contribution in [-0.2, 0) is 9.53 Å². The summed E-state index contributed by atoms with van der Waals surface area (Å²) in [7, 11) is 0. The third kappa shape index (κ3) is 5.75. The highest BCUT2D eigenvalue weighted by atomic mass is 79.9. The lowest BCUT2D eigenvalue weighted by atomic mass is 9.47. The molecule has 0 unspecified atom stereocenters. The zero-order chi connectivity index (χ0) is 25.2. The number of ether oxygens (including phenoxy) is 1. The minimum atomic E-state index is 0.0155. The van der Waals surface area contributed by atoms with Crippen molar-refractivity contribution in [3.05, 3.63) is 11.6 Å². The maximum atomic E-state index is 12.3. The first-order valence-corrected chi connectivity index (χ1v) is 16.3. The number of fused-ring (bicyclic) bond motifs is 5. The molecule has 0 aromatic heterocycles. The van der Waals surface area contributed by atoms with E-state index in [9.17, 15) is 4.79 Å². The molecule has 0 radical (unpaired) electrons. The van der Waals surface area contributed by atoms with Crippen molar-refractivity contribution in [1.82, 2.24) is 0 Å². The van der Waals surface area contributed by atoms with Crippen molar-refractivity contribution in [3.63, 3.8) is 0 Å². The van der Waals surface area contributed by atoms with Gasteiger partial charge in [-0.2, -0.15) is 0 Å². The van der Waals surface area contributed by atoms with E-state index in [1.807, 2.05) is 0 Å². The van der Waals surface area contributed by atoms with Crippen molar-refractivity contribution in [2.75, 3.05) is 5.33 Å². The van der Waals surface area contributed by atoms with Crippen LogP contribution in [0.15, 0.2) is 11.6 Å². The summed E-state index contributed by atoms with van der Waals surface area (Å²) >= 11 is 3.46. The van der Waals surface area contributed by atoms with Crippen LogP contribution in [0.1, 0.15) is 125 Å². The molecule has 4 rings (SSSR count). The first-order valence-electron chi connectivity index (χ1n) is 15.1. The number of hydrogen-bond acceptors (Lipinski definition) is 2. The van der Waals surface area contributed by atoms with E-state index in [0.29, 0.717) is 17.3 Å². The van der Waals surface area contributed by atoms with Crippen LogP contribution in [0.4, 0.5) is 0 Å². The zero-order valence-corrected chi connectivity index (χ0v) is 25.0. The van der Waals surface area contributed by atoms with Crippen LogP contribution < -0.4 is 0 Å². The predicted molar refractivity (Wildman–Crippen MR) is 151 cm³/mol. The summed E-state index contributed by atoms with van der Waals surface area (Å²) in [6, 6.07) is 0. The maximum Gasteiger partial charge on any atom is 0.306 e. The minimum absolute atomic E-state index is 0.0155. The lowest BCUT2D eigenvalue weighted by molar-refractivity contribution is -0.151. The molecule has 3 fully saturated rings. The Balaban J connectivity index is 1.39. The lowest BCUT2D eigenvalue weighted by Crippen LogP contribution is -2.51. The standard InChI is InChI=1S/C32H53BrO2/c1-22(2)9-8-10-23(3)27-14-15-28-26-13-12-24-21-25(35-30(34)11-6-7-20-33)16-18-31(24,4)29(26)17-19-32(27,28)5/h12,22-23,25-29H,6-11,13-21H2,1-5H3/t23-,25+,26+,27-,28+,29+,31+,32-/m1/s1. The van der Waals surface area contributed by atoms with Crippen molar-refractivity contribution in [3.8, 4) is 0 Å².